The van der Waals surface area contributed by atoms with Gasteiger partial charge in [0.25, 0.3) is 5.24 Å². The van der Waals surface area contributed by atoms with E-state index in [9.17, 15) is 4.79 Å². The largest absolute Gasteiger partial charge is 0.493 e. The van der Waals surface area contributed by atoms with Gasteiger partial charge in [0.1, 0.15) is 5.75 Å². The highest BCUT2D eigenvalue weighted by Crippen LogP contribution is 2.42. The number of halogens is 2. The Morgan fingerprint density at radius 1 is 1.39 bits per heavy atom. The van der Waals surface area contributed by atoms with Crippen LogP contribution in [0.2, 0.25) is 0 Å². The van der Waals surface area contributed by atoms with E-state index in [1.165, 1.54) is 11.3 Å². The van der Waals surface area contributed by atoms with Crippen LogP contribution in [0.15, 0.2) is 28.7 Å². The van der Waals surface area contributed by atoms with Crippen LogP contribution in [0.5, 0.6) is 5.75 Å². The summed E-state index contributed by atoms with van der Waals surface area (Å²) >= 11 is 10.4. The molecule has 0 saturated heterocycles. The SMILES string of the molecule is O=C(Cl)c1cc2c(s1)-c1ccc(Br)cc1OCC2. The maximum atomic E-state index is 11.3. The lowest BCUT2D eigenvalue weighted by atomic mass is 10.1. The average molecular weight is 344 g/mol. The van der Waals surface area contributed by atoms with Crippen LogP contribution in [0.3, 0.4) is 0 Å². The zero-order valence-electron chi connectivity index (χ0n) is 9.20. The van der Waals surface area contributed by atoms with Crippen molar-refractivity contribution in [2.24, 2.45) is 0 Å². The van der Waals surface area contributed by atoms with E-state index in [4.69, 9.17) is 16.3 Å². The summed E-state index contributed by atoms with van der Waals surface area (Å²) in [5.41, 5.74) is 2.16. The summed E-state index contributed by atoms with van der Waals surface area (Å²) in [6.45, 7) is 0.614. The summed E-state index contributed by atoms with van der Waals surface area (Å²) in [6, 6.07) is 7.80. The highest BCUT2D eigenvalue weighted by atomic mass is 79.9. The average Bonchev–Trinajstić information content (AvgIpc) is 2.67. The number of hydrogen-bond acceptors (Lipinski definition) is 3. The molecule has 0 N–H and O–H groups in total. The molecule has 2 aromatic rings. The lowest BCUT2D eigenvalue weighted by molar-refractivity contribution is 0.108. The summed E-state index contributed by atoms with van der Waals surface area (Å²) in [5.74, 6) is 0.846. The molecule has 0 fully saturated rings. The van der Waals surface area contributed by atoms with Crippen LogP contribution < -0.4 is 4.74 Å². The predicted octanol–water partition coefficient (Wildman–Crippen LogP) is 4.49. The van der Waals surface area contributed by atoms with Crippen molar-refractivity contribution in [1.82, 2.24) is 0 Å². The van der Waals surface area contributed by atoms with Gasteiger partial charge < -0.3 is 4.74 Å². The van der Waals surface area contributed by atoms with Crippen molar-refractivity contribution in [2.75, 3.05) is 6.61 Å². The fourth-order valence-electron chi connectivity index (χ4n) is 2.01. The highest BCUT2D eigenvalue weighted by molar-refractivity contribution is 9.10. The number of fused-ring (bicyclic) bond motifs is 3. The Morgan fingerprint density at radius 2 is 2.22 bits per heavy atom. The molecule has 3 rings (SSSR count). The topological polar surface area (TPSA) is 26.3 Å². The molecule has 5 heteroatoms. The first-order chi connectivity index (χ1) is 8.65. The van der Waals surface area contributed by atoms with Gasteiger partial charge >= 0.3 is 0 Å². The summed E-state index contributed by atoms with van der Waals surface area (Å²) in [5, 5.41) is -0.396. The number of carbonyl (C=O) groups is 1. The number of thiophene rings is 1. The quantitative estimate of drug-likeness (QED) is 0.713. The summed E-state index contributed by atoms with van der Waals surface area (Å²) in [4.78, 5) is 12.9. The predicted molar refractivity (Wildman–Crippen MR) is 76.8 cm³/mol. The summed E-state index contributed by atoms with van der Waals surface area (Å²) in [6.07, 6.45) is 0.794. The Labute approximate surface area is 122 Å². The van der Waals surface area contributed by atoms with E-state index in [1.807, 2.05) is 24.3 Å². The second-order valence-corrected chi connectivity index (χ2v) is 6.29. The van der Waals surface area contributed by atoms with Gasteiger partial charge in [0.2, 0.25) is 0 Å². The second kappa shape index (κ2) is 4.68. The van der Waals surface area contributed by atoms with E-state index in [-0.39, 0.29) is 0 Å². The third-order valence-electron chi connectivity index (χ3n) is 2.82. The third-order valence-corrected chi connectivity index (χ3v) is 4.84. The molecule has 0 bridgehead atoms. The van der Waals surface area contributed by atoms with Gasteiger partial charge in [-0.3, -0.25) is 4.79 Å². The monoisotopic (exact) mass is 342 g/mol. The molecule has 0 aliphatic carbocycles. The molecule has 0 radical (unpaired) electrons. The molecule has 0 saturated carbocycles. The number of carbonyl (C=O) groups excluding carboxylic acids is 1. The minimum atomic E-state index is -0.396. The van der Waals surface area contributed by atoms with E-state index in [2.05, 4.69) is 15.9 Å². The van der Waals surface area contributed by atoms with Crippen LogP contribution >= 0.6 is 38.9 Å². The Balaban J connectivity index is 2.20. The minimum absolute atomic E-state index is 0.396. The van der Waals surface area contributed by atoms with Gasteiger partial charge in [-0.1, -0.05) is 15.9 Å². The van der Waals surface area contributed by atoms with Crippen LogP contribution in [-0.2, 0) is 6.42 Å². The van der Waals surface area contributed by atoms with Crippen LogP contribution in [0.4, 0.5) is 0 Å². The molecule has 2 heterocycles. The van der Waals surface area contributed by atoms with E-state index < -0.39 is 5.24 Å². The van der Waals surface area contributed by atoms with Gasteiger partial charge in [-0.25, -0.2) is 0 Å². The normalized spacial score (nSPS) is 13.2. The molecule has 92 valence electrons. The van der Waals surface area contributed by atoms with Gasteiger partial charge in [-0.05, 0) is 41.4 Å². The van der Waals surface area contributed by atoms with Crippen molar-refractivity contribution in [3.05, 3.63) is 39.2 Å². The molecular formula is C13H8BrClO2S. The maximum absolute atomic E-state index is 11.3. The first kappa shape index (κ1) is 12.2. The zero-order chi connectivity index (χ0) is 12.7. The Hall–Kier alpha value is -0.840. The molecule has 18 heavy (non-hydrogen) atoms. The molecule has 2 nitrogen and oxygen atoms in total. The maximum Gasteiger partial charge on any atom is 0.262 e. The molecule has 1 aromatic carbocycles. The third kappa shape index (κ3) is 2.09. The molecular weight excluding hydrogens is 336 g/mol. The van der Waals surface area contributed by atoms with E-state index in [0.717, 1.165) is 32.6 Å². The van der Waals surface area contributed by atoms with Crippen molar-refractivity contribution < 1.29 is 9.53 Å². The molecule has 1 aliphatic heterocycles. The number of benzene rings is 1. The first-order valence-electron chi connectivity index (χ1n) is 5.40. The highest BCUT2D eigenvalue weighted by Gasteiger charge is 2.20. The Kier molecular flexibility index (Phi) is 3.18. The van der Waals surface area contributed by atoms with E-state index in [1.54, 1.807) is 0 Å². The van der Waals surface area contributed by atoms with Crippen LogP contribution in [-0.4, -0.2) is 11.8 Å². The molecule has 0 amide bonds. The Bertz CT molecular complexity index is 636. The van der Waals surface area contributed by atoms with Crippen molar-refractivity contribution in [1.29, 1.82) is 0 Å². The fourth-order valence-corrected chi connectivity index (χ4v) is 3.60. The van der Waals surface area contributed by atoms with Gasteiger partial charge in [-0.15, -0.1) is 11.3 Å². The van der Waals surface area contributed by atoms with Crippen molar-refractivity contribution in [3.8, 4) is 16.2 Å². The number of hydrogen-bond donors (Lipinski definition) is 0. The summed E-state index contributed by atoms with van der Waals surface area (Å²) in [7, 11) is 0. The van der Waals surface area contributed by atoms with Gasteiger partial charge in [0.05, 0.1) is 11.5 Å². The smallest absolute Gasteiger partial charge is 0.262 e. The van der Waals surface area contributed by atoms with Crippen LogP contribution in [0.1, 0.15) is 15.2 Å². The van der Waals surface area contributed by atoms with Gasteiger partial charge in [0, 0.05) is 21.3 Å². The van der Waals surface area contributed by atoms with Crippen LogP contribution in [0, 0.1) is 0 Å². The molecule has 0 spiro atoms. The Morgan fingerprint density at radius 3 is 3.00 bits per heavy atom. The van der Waals surface area contributed by atoms with Crippen molar-refractivity contribution in [3.63, 3.8) is 0 Å². The second-order valence-electron chi connectivity index (χ2n) is 3.98. The zero-order valence-corrected chi connectivity index (χ0v) is 12.4. The minimum Gasteiger partial charge on any atom is -0.493 e. The van der Waals surface area contributed by atoms with Crippen LogP contribution in [0.25, 0.3) is 10.4 Å². The number of rotatable bonds is 1. The molecule has 1 aliphatic rings. The molecule has 1 aromatic heterocycles. The lowest BCUT2D eigenvalue weighted by Crippen LogP contribution is -1.98. The first-order valence-corrected chi connectivity index (χ1v) is 7.39. The summed E-state index contributed by atoms with van der Waals surface area (Å²) < 4.78 is 6.71. The van der Waals surface area contributed by atoms with Crippen molar-refractivity contribution in [2.45, 2.75) is 6.42 Å². The van der Waals surface area contributed by atoms with Crippen molar-refractivity contribution >= 4 is 44.1 Å². The van der Waals surface area contributed by atoms with E-state index in [0.29, 0.717) is 11.5 Å². The molecule has 0 atom stereocenters. The van der Waals surface area contributed by atoms with Gasteiger partial charge in [-0.2, -0.15) is 0 Å². The van der Waals surface area contributed by atoms with Gasteiger partial charge in [0.15, 0.2) is 0 Å². The fraction of sp³-hybridized carbons (Fsp3) is 0.154. The lowest BCUT2D eigenvalue weighted by Gasteiger charge is -2.07. The van der Waals surface area contributed by atoms with E-state index >= 15 is 0 Å². The standard InChI is InChI=1S/C13H8BrClO2S/c14-8-1-2-9-10(6-8)17-4-3-7-5-11(13(15)16)18-12(7)9/h1-2,5-6H,3-4H2. The molecule has 0 unspecified atom stereocenters. The number of ether oxygens (including phenoxy) is 1.